The van der Waals surface area contributed by atoms with Gasteiger partial charge in [0.1, 0.15) is 17.6 Å². The van der Waals surface area contributed by atoms with E-state index in [4.69, 9.17) is 9.51 Å². The second kappa shape index (κ2) is 15.6. The van der Waals surface area contributed by atoms with E-state index in [1.54, 1.807) is 17.0 Å². The number of nitrogens with one attached hydrogen (secondary N) is 1. The Labute approximate surface area is 360 Å². The number of aromatic nitrogens is 3. The van der Waals surface area contributed by atoms with Crippen molar-refractivity contribution in [2.24, 2.45) is 0 Å². The summed E-state index contributed by atoms with van der Waals surface area (Å²) in [5, 5.41) is 6.36. The van der Waals surface area contributed by atoms with Crippen molar-refractivity contribution in [1.82, 2.24) is 34.7 Å². The molecule has 63 heavy (non-hydrogen) atoms. The zero-order valence-electron chi connectivity index (χ0n) is 34.8. The van der Waals surface area contributed by atoms with E-state index < -0.39 is 47.3 Å². The Morgan fingerprint density at radius 3 is 2.29 bits per heavy atom. The van der Waals surface area contributed by atoms with E-state index in [2.05, 4.69) is 15.0 Å². The highest BCUT2D eigenvalue weighted by molar-refractivity contribution is 6.23. The van der Waals surface area contributed by atoms with Crippen molar-refractivity contribution in [2.45, 2.75) is 89.9 Å². The molecule has 0 aliphatic carbocycles. The maximum atomic E-state index is 14.6. The number of piperidine rings is 3. The second-order valence-electron chi connectivity index (χ2n) is 17.2. The van der Waals surface area contributed by atoms with Crippen LogP contribution in [0.1, 0.15) is 106 Å². The molecular formula is C46H44F2N8O7. The molecule has 5 aliphatic rings. The molecule has 15 nitrogen and oxygen atoms in total. The van der Waals surface area contributed by atoms with Crippen LogP contribution in [0.3, 0.4) is 0 Å². The second-order valence-corrected chi connectivity index (χ2v) is 17.2. The van der Waals surface area contributed by atoms with Crippen LogP contribution in [-0.2, 0) is 32.1 Å². The first-order valence-corrected chi connectivity index (χ1v) is 21.4. The third kappa shape index (κ3) is 6.98. The summed E-state index contributed by atoms with van der Waals surface area (Å²) in [5.74, 6) is -3.16. The van der Waals surface area contributed by atoms with Gasteiger partial charge in [-0.1, -0.05) is 11.2 Å². The minimum atomic E-state index is -1.05. The number of carbonyl (C=O) groups is 6. The van der Waals surface area contributed by atoms with Gasteiger partial charge in [-0.05, 0) is 105 Å². The fourth-order valence-electron chi connectivity index (χ4n) is 10.2. The third-order valence-electron chi connectivity index (χ3n) is 13.4. The van der Waals surface area contributed by atoms with Gasteiger partial charge in [-0.2, -0.15) is 0 Å². The predicted octanol–water partition coefficient (Wildman–Crippen LogP) is 5.47. The highest BCUT2D eigenvalue weighted by Crippen LogP contribution is 2.41. The molecule has 2 aromatic heterocycles. The van der Waals surface area contributed by atoms with E-state index in [1.807, 2.05) is 41.8 Å². The van der Waals surface area contributed by atoms with Crippen molar-refractivity contribution in [1.29, 1.82) is 0 Å². The Balaban J connectivity index is 0.876. The number of imide groups is 2. The summed E-state index contributed by atoms with van der Waals surface area (Å²) < 4.78 is 36.4. The number of hydrogen-bond donors (Lipinski definition) is 1. The zero-order valence-corrected chi connectivity index (χ0v) is 34.8. The van der Waals surface area contributed by atoms with Gasteiger partial charge in [-0.15, -0.1) is 0 Å². The van der Waals surface area contributed by atoms with Crippen LogP contribution in [0.4, 0.5) is 14.5 Å². The van der Waals surface area contributed by atoms with Gasteiger partial charge in [-0.3, -0.25) is 43.9 Å². The summed E-state index contributed by atoms with van der Waals surface area (Å²) in [6, 6.07) is 11.3. The van der Waals surface area contributed by atoms with Gasteiger partial charge in [0.15, 0.2) is 11.6 Å². The number of imidazole rings is 1. The summed E-state index contributed by atoms with van der Waals surface area (Å²) in [4.78, 5) is 90.3. The summed E-state index contributed by atoms with van der Waals surface area (Å²) in [5.41, 5.74) is 6.54. The average Bonchev–Trinajstić information content (AvgIpc) is 3.89. The van der Waals surface area contributed by atoms with E-state index in [0.29, 0.717) is 75.4 Å². The lowest BCUT2D eigenvalue weighted by atomic mass is 9.94. The molecule has 17 heteroatoms. The standard InChI is InChI=1S/C46H44F2N8O7/c1-24-42(25(2)63-51-24)27-6-9-36-35(20-27)49-43(37-4-3-5-40(58)54(37)30-7-8-33(47)34(48)21-30)55(36)29-13-16-53(17-14-29)41(59)23-52-15-12-26-18-31-32(19-28(26)22-52)46(62)56(45(31)61)38-10-11-39(57)50-44(38)60/h6-9,18-21,29,37-38H,3-5,10-17,22-23H2,1-2H3,(H,50,57,60)/t37-,38?/m0/s1. The fourth-order valence-corrected chi connectivity index (χ4v) is 10.2. The van der Waals surface area contributed by atoms with Crippen molar-refractivity contribution >= 4 is 52.2 Å². The van der Waals surface area contributed by atoms with Crippen molar-refractivity contribution in [2.75, 3.05) is 31.1 Å². The number of nitrogens with zero attached hydrogens (tertiary/aromatic N) is 7. The molecule has 0 bridgehead atoms. The first-order chi connectivity index (χ1) is 30.3. The highest BCUT2D eigenvalue weighted by atomic mass is 19.2. The van der Waals surface area contributed by atoms with Crippen molar-refractivity contribution < 1.29 is 42.1 Å². The molecule has 1 N–H and O–H groups in total. The Morgan fingerprint density at radius 2 is 1.57 bits per heavy atom. The van der Waals surface area contributed by atoms with Crippen LogP contribution >= 0.6 is 0 Å². The molecule has 1 unspecified atom stereocenters. The Hall–Kier alpha value is -6.62. The third-order valence-corrected chi connectivity index (χ3v) is 13.4. The van der Waals surface area contributed by atoms with Crippen molar-refractivity contribution in [3.8, 4) is 11.1 Å². The van der Waals surface area contributed by atoms with Crippen LogP contribution < -0.4 is 10.2 Å². The van der Waals surface area contributed by atoms with E-state index in [1.165, 1.54) is 6.07 Å². The molecule has 0 radical (unpaired) electrons. The molecular weight excluding hydrogens is 815 g/mol. The molecule has 5 aromatic rings. The molecule has 10 rings (SSSR count). The number of hydrogen-bond acceptors (Lipinski definition) is 10. The lowest BCUT2D eigenvalue weighted by Crippen LogP contribution is -2.54. The molecule has 324 valence electrons. The number of halogens is 2. The maximum absolute atomic E-state index is 14.6. The monoisotopic (exact) mass is 858 g/mol. The molecule has 3 aromatic carbocycles. The van der Waals surface area contributed by atoms with Crippen LogP contribution in [0.15, 0.2) is 53.1 Å². The van der Waals surface area contributed by atoms with Crippen LogP contribution in [0, 0.1) is 25.5 Å². The van der Waals surface area contributed by atoms with Gasteiger partial charge in [-0.25, -0.2) is 13.8 Å². The van der Waals surface area contributed by atoms with E-state index >= 15 is 0 Å². The van der Waals surface area contributed by atoms with Crippen molar-refractivity contribution in [3.05, 3.63) is 99.7 Å². The van der Waals surface area contributed by atoms with Gasteiger partial charge < -0.3 is 18.9 Å². The molecule has 2 atom stereocenters. The number of rotatable bonds is 7. The SMILES string of the molecule is Cc1noc(C)c1-c1ccc2c(c1)nc([C@@H]1CCCC(=O)N1c1ccc(F)c(F)c1)n2C1CCN(C(=O)CN2CCc3cc4c(cc3C2)C(=O)N(C2CCC(=O)NC2=O)C4=O)CC1. The van der Waals surface area contributed by atoms with Crippen LogP contribution in [0.2, 0.25) is 0 Å². The molecule has 0 saturated carbocycles. The molecule has 7 heterocycles. The first-order valence-electron chi connectivity index (χ1n) is 21.4. The molecule has 3 fully saturated rings. The lowest BCUT2D eigenvalue weighted by Gasteiger charge is -2.39. The smallest absolute Gasteiger partial charge is 0.262 e. The first kappa shape index (κ1) is 40.5. The molecule has 6 amide bonds. The van der Waals surface area contributed by atoms with Crippen molar-refractivity contribution in [3.63, 3.8) is 0 Å². The van der Waals surface area contributed by atoms with E-state index in [9.17, 15) is 37.5 Å². The average molecular weight is 859 g/mol. The molecule has 3 saturated heterocycles. The maximum Gasteiger partial charge on any atom is 0.262 e. The number of fused-ring (bicyclic) bond motifs is 3. The predicted molar refractivity (Wildman–Crippen MR) is 222 cm³/mol. The highest BCUT2D eigenvalue weighted by Gasteiger charge is 2.45. The van der Waals surface area contributed by atoms with Gasteiger partial charge in [0.05, 0.1) is 40.4 Å². The quantitative estimate of drug-likeness (QED) is 0.207. The van der Waals surface area contributed by atoms with Crippen LogP contribution in [0.5, 0.6) is 0 Å². The minimum absolute atomic E-state index is 0.0319. The number of carbonyl (C=O) groups excluding carboxylic acids is 6. The number of amides is 6. The normalized spacial score (nSPS) is 21.1. The van der Waals surface area contributed by atoms with Crippen LogP contribution in [0.25, 0.3) is 22.2 Å². The number of aryl methyl sites for hydroxylation is 2. The summed E-state index contributed by atoms with van der Waals surface area (Å²) in [6.45, 7) is 5.81. The Kier molecular flexibility index (Phi) is 10.0. The van der Waals surface area contributed by atoms with E-state index in [-0.39, 0.29) is 60.5 Å². The van der Waals surface area contributed by atoms with Gasteiger partial charge in [0.25, 0.3) is 11.8 Å². The molecule has 5 aliphatic heterocycles. The minimum Gasteiger partial charge on any atom is -0.361 e. The fraction of sp³-hybridized carbons (Fsp3) is 0.391. The Bertz CT molecular complexity index is 2770. The van der Waals surface area contributed by atoms with Crippen LogP contribution in [-0.4, -0.2) is 97.1 Å². The zero-order chi connectivity index (χ0) is 43.8. The number of anilines is 1. The number of benzene rings is 3. The largest absolute Gasteiger partial charge is 0.361 e. The number of likely N-dealkylation sites (tertiary alicyclic amines) is 1. The molecule has 0 spiro atoms. The van der Waals surface area contributed by atoms with E-state index in [0.717, 1.165) is 50.5 Å². The summed E-state index contributed by atoms with van der Waals surface area (Å²) in [7, 11) is 0. The van der Waals surface area contributed by atoms with Gasteiger partial charge in [0, 0.05) is 62.4 Å². The van der Waals surface area contributed by atoms with Gasteiger partial charge >= 0.3 is 0 Å². The Morgan fingerprint density at radius 1 is 0.810 bits per heavy atom. The topological polar surface area (TPSA) is 171 Å². The lowest BCUT2D eigenvalue weighted by molar-refractivity contribution is -0.136. The van der Waals surface area contributed by atoms with Gasteiger partial charge in [0.2, 0.25) is 23.6 Å². The summed E-state index contributed by atoms with van der Waals surface area (Å²) in [6.07, 6.45) is 3.32. The summed E-state index contributed by atoms with van der Waals surface area (Å²) >= 11 is 0.